The molecular formula is C21H13BrCl2N2O5S2. The van der Waals surface area contributed by atoms with Crippen molar-refractivity contribution in [1.82, 2.24) is 9.55 Å². The van der Waals surface area contributed by atoms with Crippen LogP contribution in [-0.4, -0.2) is 29.5 Å². The van der Waals surface area contributed by atoms with E-state index < -0.39 is 32.6 Å². The fourth-order valence-electron chi connectivity index (χ4n) is 3.27. The smallest absolute Gasteiger partial charge is 0.306 e. The molecule has 0 unspecified atom stereocenters. The van der Waals surface area contributed by atoms with Crippen molar-refractivity contribution in [3.63, 3.8) is 0 Å². The molecule has 2 heterocycles. The third kappa shape index (κ3) is 4.99. The lowest BCUT2D eigenvalue weighted by molar-refractivity contribution is -0.116. The number of H-pyrrole nitrogens is 1. The molecule has 0 bridgehead atoms. The van der Waals surface area contributed by atoms with E-state index in [9.17, 15) is 22.8 Å². The van der Waals surface area contributed by atoms with Gasteiger partial charge in [0.1, 0.15) is 9.96 Å². The van der Waals surface area contributed by atoms with Crippen molar-refractivity contribution >= 4 is 77.0 Å². The number of carbonyl (C=O) groups is 1. The van der Waals surface area contributed by atoms with Gasteiger partial charge in [-0.25, -0.2) is 17.8 Å². The quantitative estimate of drug-likeness (QED) is 0.360. The topological polar surface area (TPSA) is 106 Å². The number of nitrogens with zero attached hydrogens (tertiary/aromatic N) is 1. The van der Waals surface area contributed by atoms with Gasteiger partial charge >= 0.3 is 5.69 Å². The summed E-state index contributed by atoms with van der Waals surface area (Å²) in [6, 6.07) is 12.1. The number of aromatic amines is 1. The molecule has 0 spiro atoms. The Hall–Kier alpha value is -2.24. The van der Waals surface area contributed by atoms with Gasteiger partial charge in [0.2, 0.25) is 0 Å². The largest absolute Gasteiger partial charge is 0.333 e. The van der Waals surface area contributed by atoms with E-state index >= 15 is 0 Å². The number of carbonyl (C=O) groups excluding carboxylic acids is 1. The summed E-state index contributed by atoms with van der Waals surface area (Å²) < 4.78 is 26.7. The monoisotopic (exact) mass is 586 g/mol. The molecule has 1 N–H and O–H groups in total. The highest BCUT2D eigenvalue weighted by molar-refractivity contribution is 9.10. The summed E-state index contributed by atoms with van der Waals surface area (Å²) in [4.78, 5) is 40.5. The normalized spacial score (nSPS) is 11.7. The minimum Gasteiger partial charge on any atom is -0.306 e. The Morgan fingerprint density at radius 2 is 1.82 bits per heavy atom. The number of fused-ring (bicyclic) bond motifs is 1. The maximum absolute atomic E-state index is 12.9. The van der Waals surface area contributed by atoms with Crippen molar-refractivity contribution in [1.29, 1.82) is 0 Å². The van der Waals surface area contributed by atoms with Gasteiger partial charge < -0.3 is 4.98 Å². The van der Waals surface area contributed by atoms with Crippen molar-refractivity contribution in [3.8, 4) is 5.69 Å². The Balaban J connectivity index is 1.62. The van der Waals surface area contributed by atoms with Crippen molar-refractivity contribution < 1.29 is 13.2 Å². The van der Waals surface area contributed by atoms with Crippen molar-refractivity contribution in [3.05, 3.63) is 88.8 Å². The molecule has 0 aliphatic heterocycles. The molecule has 4 aromatic rings. The molecule has 2 aromatic heterocycles. The van der Waals surface area contributed by atoms with Gasteiger partial charge in [0, 0.05) is 10.9 Å². The van der Waals surface area contributed by atoms with Gasteiger partial charge in [-0.3, -0.25) is 9.59 Å². The van der Waals surface area contributed by atoms with E-state index in [1.54, 1.807) is 18.2 Å². The molecule has 0 saturated carbocycles. The Morgan fingerprint density at radius 1 is 1.06 bits per heavy atom. The van der Waals surface area contributed by atoms with Crippen LogP contribution in [0.4, 0.5) is 0 Å². The van der Waals surface area contributed by atoms with Crippen LogP contribution in [0, 0.1) is 0 Å². The maximum Gasteiger partial charge on any atom is 0.333 e. The first-order valence-electron chi connectivity index (χ1n) is 9.28. The number of nitrogens with one attached hydrogen (secondary N) is 1. The second-order valence-electron chi connectivity index (χ2n) is 7.08. The number of aromatic nitrogens is 2. The van der Waals surface area contributed by atoms with E-state index in [4.69, 9.17) is 23.2 Å². The van der Waals surface area contributed by atoms with Crippen LogP contribution in [-0.2, 0) is 21.1 Å². The molecule has 0 saturated heterocycles. The molecule has 4 rings (SSSR count). The van der Waals surface area contributed by atoms with Crippen molar-refractivity contribution in [2.24, 2.45) is 0 Å². The Labute approximate surface area is 209 Å². The Morgan fingerprint density at radius 3 is 2.48 bits per heavy atom. The molecule has 33 heavy (non-hydrogen) atoms. The molecule has 7 nitrogen and oxygen atoms in total. The number of hydrogen-bond acceptors (Lipinski definition) is 6. The summed E-state index contributed by atoms with van der Waals surface area (Å²) in [6.07, 6.45) is -0.186. The lowest BCUT2D eigenvalue weighted by Gasteiger charge is -2.10. The van der Waals surface area contributed by atoms with Crippen molar-refractivity contribution in [2.75, 3.05) is 5.75 Å². The fourth-order valence-corrected chi connectivity index (χ4v) is 6.73. The maximum atomic E-state index is 12.9. The van der Waals surface area contributed by atoms with Crippen molar-refractivity contribution in [2.45, 2.75) is 10.6 Å². The van der Waals surface area contributed by atoms with Crippen LogP contribution in [0.3, 0.4) is 0 Å². The number of Topliss-reactive ketones (excluding diaryl/α,β-unsaturated/α-hetero) is 1. The third-order valence-corrected chi connectivity index (χ3v) is 9.00. The number of sulfone groups is 1. The number of rotatable bonds is 6. The SMILES string of the molecule is O=C(Cc1ccc(-n2c(=O)[nH]c3ccc(Br)cc3c2=O)c(Cl)c1)CS(=O)(=O)c1ccc(Cl)s1. The molecule has 2 aromatic carbocycles. The third-order valence-electron chi connectivity index (χ3n) is 4.72. The highest BCUT2D eigenvalue weighted by Crippen LogP contribution is 2.27. The molecule has 0 aliphatic carbocycles. The van der Waals surface area contributed by atoms with Gasteiger partial charge in [0.25, 0.3) is 5.56 Å². The molecule has 0 amide bonds. The molecule has 0 radical (unpaired) electrons. The fraction of sp³-hybridized carbons (Fsp3) is 0.0952. The Kier molecular flexibility index (Phi) is 6.66. The van der Waals surface area contributed by atoms with Crippen LogP contribution < -0.4 is 11.2 Å². The van der Waals surface area contributed by atoms with Gasteiger partial charge in [0.15, 0.2) is 15.6 Å². The first-order chi connectivity index (χ1) is 15.5. The number of thiophene rings is 1. The van der Waals surface area contributed by atoms with Gasteiger partial charge in [0.05, 0.1) is 25.9 Å². The number of halogens is 3. The first kappa shape index (κ1) is 23.9. The predicted molar refractivity (Wildman–Crippen MR) is 133 cm³/mol. The van der Waals surface area contributed by atoms with Crippen LogP contribution in [0.5, 0.6) is 0 Å². The standard InChI is InChI=1S/C21H13BrCl2N2O5S2/c22-12-2-3-16-14(9-12)20(28)26(21(29)25-16)17-4-1-11(8-15(17)23)7-13(27)10-33(30,31)19-6-5-18(24)32-19/h1-6,8-9H,7,10H2,(H,25,29). The van der Waals surface area contributed by atoms with Gasteiger partial charge in [-0.15, -0.1) is 11.3 Å². The highest BCUT2D eigenvalue weighted by Gasteiger charge is 2.22. The second kappa shape index (κ2) is 9.19. The molecule has 0 atom stereocenters. The lowest BCUT2D eigenvalue weighted by atomic mass is 10.1. The van der Waals surface area contributed by atoms with Crippen LogP contribution in [0.15, 0.2) is 66.8 Å². The molecule has 170 valence electrons. The van der Waals surface area contributed by atoms with E-state index in [1.165, 1.54) is 30.3 Å². The van der Waals surface area contributed by atoms with E-state index in [0.29, 0.717) is 19.9 Å². The summed E-state index contributed by atoms with van der Waals surface area (Å²) in [7, 11) is -3.80. The first-order valence-corrected chi connectivity index (χ1v) is 13.3. The van der Waals surface area contributed by atoms with Gasteiger partial charge in [-0.05, 0) is 48.0 Å². The zero-order valence-electron chi connectivity index (χ0n) is 16.5. The lowest BCUT2D eigenvalue weighted by Crippen LogP contribution is -2.33. The zero-order valence-corrected chi connectivity index (χ0v) is 21.2. The summed E-state index contributed by atoms with van der Waals surface area (Å²) >= 11 is 16.3. The number of ketones is 1. The molecule has 0 aliphatic rings. The molecular weight excluding hydrogens is 575 g/mol. The van der Waals surface area contributed by atoms with Gasteiger partial charge in [-0.1, -0.05) is 45.2 Å². The average molecular weight is 588 g/mol. The van der Waals surface area contributed by atoms with Gasteiger partial charge in [-0.2, -0.15) is 0 Å². The number of benzene rings is 2. The Bertz CT molecular complexity index is 1640. The van der Waals surface area contributed by atoms with Crippen LogP contribution in [0.25, 0.3) is 16.6 Å². The van der Waals surface area contributed by atoms with Crippen LogP contribution in [0.1, 0.15) is 5.56 Å². The van der Waals surface area contributed by atoms with E-state index in [-0.39, 0.29) is 26.7 Å². The van der Waals surface area contributed by atoms with E-state index in [0.717, 1.165) is 15.9 Å². The summed E-state index contributed by atoms with van der Waals surface area (Å²) in [6.45, 7) is 0. The average Bonchev–Trinajstić information content (AvgIpc) is 3.17. The minimum absolute atomic E-state index is 0.0239. The number of hydrogen-bond donors (Lipinski definition) is 1. The van der Waals surface area contributed by atoms with Crippen LogP contribution in [0.2, 0.25) is 9.36 Å². The zero-order chi connectivity index (χ0) is 23.9. The summed E-state index contributed by atoms with van der Waals surface area (Å²) in [5, 5.41) is 0.355. The van der Waals surface area contributed by atoms with E-state index in [1.807, 2.05) is 0 Å². The molecule has 12 heteroatoms. The van der Waals surface area contributed by atoms with Crippen LogP contribution >= 0.6 is 50.5 Å². The van der Waals surface area contributed by atoms with E-state index in [2.05, 4.69) is 20.9 Å². The second-order valence-corrected chi connectivity index (χ2v) is 12.3. The summed E-state index contributed by atoms with van der Waals surface area (Å²) in [5.74, 6) is -1.21. The predicted octanol–water partition coefficient (Wildman–Crippen LogP) is 4.40. The minimum atomic E-state index is -3.80. The highest BCUT2D eigenvalue weighted by atomic mass is 79.9. The molecule has 0 fully saturated rings. The summed E-state index contributed by atoms with van der Waals surface area (Å²) in [5.41, 5.74) is -0.248.